The van der Waals surface area contributed by atoms with Crippen molar-refractivity contribution in [2.75, 3.05) is 7.11 Å². The van der Waals surface area contributed by atoms with Gasteiger partial charge in [0.1, 0.15) is 5.75 Å². The summed E-state index contributed by atoms with van der Waals surface area (Å²) in [6.45, 7) is 4.64. The topological polar surface area (TPSA) is 29.5 Å². The lowest BCUT2D eigenvalue weighted by atomic mass is 10.1. The molecule has 2 aromatic rings. The third kappa shape index (κ3) is 3.63. The zero-order valence-corrected chi connectivity index (χ0v) is 12.7. The molecule has 2 aromatic carbocycles. The first-order chi connectivity index (χ1) is 10.1. The summed E-state index contributed by atoms with van der Waals surface area (Å²) < 4.78 is 5.30. The van der Waals surface area contributed by atoms with Crippen LogP contribution in [0.4, 0.5) is 0 Å². The van der Waals surface area contributed by atoms with Gasteiger partial charge in [-0.15, -0.1) is 0 Å². The number of hydrogen-bond acceptors (Lipinski definition) is 2. The van der Waals surface area contributed by atoms with Crippen LogP contribution in [0.5, 0.6) is 5.75 Å². The Morgan fingerprint density at radius 1 is 1.05 bits per heavy atom. The number of carbonyl (C=O) groups is 1. The predicted octanol–water partition coefficient (Wildman–Crippen LogP) is 3.75. The maximum Gasteiger partial charge on any atom is 0.258 e. The van der Waals surface area contributed by atoms with Crippen LogP contribution in [-0.4, -0.2) is 24.0 Å². The van der Waals surface area contributed by atoms with E-state index in [1.807, 2.05) is 73.3 Å². The summed E-state index contributed by atoms with van der Waals surface area (Å²) in [4.78, 5) is 14.7. The number of hydrogen-bond donors (Lipinski definition) is 0. The number of amides is 1. The zero-order valence-electron chi connectivity index (χ0n) is 12.7. The lowest BCUT2D eigenvalue weighted by Gasteiger charge is -2.27. The molecule has 1 amide bonds. The van der Waals surface area contributed by atoms with Crippen molar-refractivity contribution in [3.05, 3.63) is 65.7 Å². The molecule has 0 saturated carbocycles. The minimum atomic E-state index is -0.00805. The average Bonchev–Trinajstić information content (AvgIpc) is 2.52. The highest BCUT2D eigenvalue weighted by Gasteiger charge is 2.21. The number of carbonyl (C=O) groups excluding carboxylic acids is 1. The fourth-order valence-corrected chi connectivity index (χ4v) is 2.25. The third-order valence-electron chi connectivity index (χ3n) is 3.42. The summed E-state index contributed by atoms with van der Waals surface area (Å²) in [6.07, 6.45) is 0. The molecule has 0 bridgehead atoms. The number of ether oxygens (including phenoxy) is 1. The fourth-order valence-electron chi connectivity index (χ4n) is 2.25. The van der Waals surface area contributed by atoms with Crippen LogP contribution in [0.25, 0.3) is 0 Å². The van der Waals surface area contributed by atoms with Gasteiger partial charge in [-0.2, -0.15) is 0 Å². The van der Waals surface area contributed by atoms with Gasteiger partial charge in [0.2, 0.25) is 0 Å². The molecule has 0 spiro atoms. The maximum atomic E-state index is 12.8. The lowest BCUT2D eigenvalue weighted by Crippen LogP contribution is -2.36. The van der Waals surface area contributed by atoms with Crippen molar-refractivity contribution in [3.63, 3.8) is 0 Å². The van der Waals surface area contributed by atoms with E-state index in [-0.39, 0.29) is 11.9 Å². The lowest BCUT2D eigenvalue weighted by molar-refractivity contribution is 0.0687. The van der Waals surface area contributed by atoms with Gasteiger partial charge in [0, 0.05) is 12.6 Å². The van der Waals surface area contributed by atoms with Crippen LogP contribution < -0.4 is 4.74 Å². The highest BCUT2D eigenvalue weighted by atomic mass is 16.5. The van der Waals surface area contributed by atoms with Crippen LogP contribution in [0.15, 0.2) is 54.6 Å². The SMILES string of the molecule is COc1ccccc1C(=O)N(Cc1ccccc1)C(C)C. The first-order valence-corrected chi connectivity index (χ1v) is 7.11. The molecule has 0 heterocycles. The predicted molar refractivity (Wildman–Crippen MR) is 84.4 cm³/mol. The molecule has 0 aromatic heterocycles. The van der Waals surface area contributed by atoms with E-state index in [0.29, 0.717) is 17.9 Å². The number of nitrogens with zero attached hydrogens (tertiary/aromatic N) is 1. The van der Waals surface area contributed by atoms with Gasteiger partial charge in [-0.1, -0.05) is 42.5 Å². The Hall–Kier alpha value is -2.29. The molecule has 0 atom stereocenters. The van der Waals surface area contributed by atoms with Crippen molar-refractivity contribution in [2.45, 2.75) is 26.4 Å². The van der Waals surface area contributed by atoms with Crippen molar-refractivity contribution in [2.24, 2.45) is 0 Å². The van der Waals surface area contributed by atoms with E-state index in [1.165, 1.54) is 0 Å². The van der Waals surface area contributed by atoms with Crippen molar-refractivity contribution in [3.8, 4) is 5.75 Å². The Morgan fingerprint density at radius 2 is 1.67 bits per heavy atom. The van der Waals surface area contributed by atoms with E-state index in [2.05, 4.69) is 0 Å². The molecule has 0 saturated heterocycles. The highest BCUT2D eigenvalue weighted by Crippen LogP contribution is 2.21. The molecule has 0 radical (unpaired) electrons. The van der Waals surface area contributed by atoms with Crippen LogP contribution in [0.1, 0.15) is 29.8 Å². The van der Waals surface area contributed by atoms with Gasteiger partial charge < -0.3 is 9.64 Å². The summed E-state index contributed by atoms with van der Waals surface area (Å²) in [7, 11) is 1.59. The summed E-state index contributed by atoms with van der Waals surface area (Å²) >= 11 is 0. The van der Waals surface area contributed by atoms with Crippen molar-refractivity contribution in [1.29, 1.82) is 0 Å². The molecule has 0 unspecified atom stereocenters. The number of methoxy groups -OCH3 is 1. The molecule has 0 aliphatic rings. The van der Waals surface area contributed by atoms with Gasteiger partial charge >= 0.3 is 0 Å². The molecule has 0 fully saturated rings. The Labute approximate surface area is 126 Å². The van der Waals surface area contributed by atoms with Crippen molar-refractivity contribution < 1.29 is 9.53 Å². The molecule has 2 rings (SSSR count). The second-order valence-electron chi connectivity index (χ2n) is 5.21. The standard InChI is InChI=1S/C18H21NO2/c1-14(2)19(13-15-9-5-4-6-10-15)18(20)16-11-7-8-12-17(16)21-3/h4-12,14H,13H2,1-3H3. The quantitative estimate of drug-likeness (QED) is 0.836. The van der Waals surface area contributed by atoms with Crippen LogP contribution in [0.3, 0.4) is 0 Å². The van der Waals surface area contributed by atoms with Crippen molar-refractivity contribution in [1.82, 2.24) is 4.90 Å². The van der Waals surface area contributed by atoms with Crippen LogP contribution in [0.2, 0.25) is 0 Å². The van der Waals surface area contributed by atoms with E-state index < -0.39 is 0 Å². The maximum absolute atomic E-state index is 12.8. The first kappa shape index (κ1) is 15.1. The Kier molecular flexibility index (Phi) is 4.99. The zero-order chi connectivity index (χ0) is 15.2. The first-order valence-electron chi connectivity index (χ1n) is 7.11. The van der Waals surface area contributed by atoms with E-state index in [1.54, 1.807) is 7.11 Å². The Balaban J connectivity index is 2.28. The molecule has 0 N–H and O–H groups in total. The average molecular weight is 283 g/mol. The fraction of sp³-hybridized carbons (Fsp3) is 0.278. The summed E-state index contributed by atoms with van der Waals surface area (Å²) in [5, 5.41) is 0. The molecule has 3 heteroatoms. The van der Waals surface area contributed by atoms with Gasteiger partial charge in [0.05, 0.1) is 12.7 Å². The van der Waals surface area contributed by atoms with Gasteiger partial charge in [0.15, 0.2) is 0 Å². The molecule has 3 nitrogen and oxygen atoms in total. The molecule has 110 valence electrons. The third-order valence-corrected chi connectivity index (χ3v) is 3.42. The van der Waals surface area contributed by atoms with Crippen molar-refractivity contribution >= 4 is 5.91 Å². The molecule has 0 aliphatic carbocycles. The van der Waals surface area contributed by atoms with Crippen LogP contribution >= 0.6 is 0 Å². The molecular formula is C18H21NO2. The summed E-state index contributed by atoms with van der Waals surface area (Å²) in [6, 6.07) is 17.5. The summed E-state index contributed by atoms with van der Waals surface area (Å²) in [5.41, 5.74) is 1.72. The minimum Gasteiger partial charge on any atom is -0.496 e. The van der Waals surface area contributed by atoms with E-state index >= 15 is 0 Å². The van der Waals surface area contributed by atoms with Crippen LogP contribution in [-0.2, 0) is 6.54 Å². The second kappa shape index (κ2) is 6.93. The highest BCUT2D eigenvalue weighted by molar-refractivity contribution is 5.97. The smallest absolute Gasteiger partial charge is 0.258 e. The minimum absolute atomic E-state index is 0.00805. The number of rotatable bonds is 5. The van der Waals surface area contributed by atoms with Crippen LogP contribution in [0, 0.1) is 0 Å². The number of benzene rings is 2. The molecular weight excluding hydrogens is 262 g/mol. The summed E-state index contributed by atoms with van der Waals surface area (Å²) in [5.74, 6) is 0.604. The monoisotopic (exact) mass is 283 g/mol. The van der Waals surface area contributed by atoms with Gasteiger partial charge in [-0.25, -0.2) is 0 Å². The van der Waals surface area contributed by atoms with Gasteiger partial charge in [-0.3, -0.25) is 4.79 Å². The van der Waals surface area contributed by atoms with E-state index in [9.17, 15) is 4.79 Å². The number of para-hydroxylation sites is 1. The van der Waals surface area contributed by atoms with Gasteiger partial charge in [-0.05, 0) is 31.5 Å². The van der Waals surface area contributed by atoms with Gasteiger partial charge in [0.25, 0.3) is 5.91 Å². The van der Waals surface area contributed by atoms with E-state index in [0.717, 1.165) is 5.56 Å². The second-order valence-corrected chi connectivity index (χ2v) is 5.21. The Morgan fingerprint density at radius 3 is 2.29 bits per heavy atom. The molecule has 0 aliphatic heterocycles. The van der Waals surface area contributed by atoms with E-state index in [4.69, 9.17) is 4.74 Å². The normalized spacial score (nSPS) is 10.5. The largest absolute Gasteiger partial charge is 0.496 e. The molecule has 21 heavy (non-hydrogen) atoms. The Bertz CT molecular complexity index is 593.